The van der Waals surface area contributed by atoms with Gasteiger partial charge in [0.2, 0.25) is 11.8 Å². The molecular formula is C25H27N3O4. The third-order valence-corrected chi connectivity index (χ3v) is 5.91. The van der Waals surface area contributed by atoms with E-state index in [1.54, 1.807) is 24.3 Å². The summed E-state index contributed by atoms with van der Waals surface area (Å²) in [6.45, 7) is 3.42. The summed E-state index contributed by atoms with van der Waals surface area (Å²) in [4.78, 5) is 38.3. The lowest BCUT2D eigenvalue weighted by Crippen LogP contribution is -2.59. The number of hydrogen-bond donors (Lipinski definition) is 2. The first kappa shape index (κ1) is 21.8. The van der Waals surface area contributed by atoms with Crippen LogP contribution >= 0.6 is 0 Å². The normalized spacial score (nSPS) is 20.0. The quantitative estimate of drug-likeness (QED) is 0.657. The third kappa shape index (κ3) is 4.57. The van der Waals surface area contributed by atoms with Gasteiger partial charge in [-0.15, -0.1) is 0 Å². The Bertz CT molecular complexity index is 1050. The van der Waals surface area contributed by atoms with E-state index in [2.05, 4.69) is 10.7 Å². The average Bonchev–Trinajstić information content (AvgIpc) is 2.84. The topological polar surface area (TPSA) is 87.7 Å². The van der Waals surface area contributed by atoms with Crippen molar-refractivity contribution in [1.82, 2.24) is 10.7 Å². The van der Waals surface area contributed by atoms with E-state index < -0.39 is 0 Å². The van der Waals surface area contributed by atoms with Crippen LogP contribution in [-0.2, 0) is 27.5 Å². The second kappa shape index (κ2) is 9.78. The molecule has 2 aromatic carbocycles. The van der Waals surface area contributed by atoms with E-state index in [1.165, 1.54) is 5.01 Å². The Kier molecular flexibility index (Phi) is 6.66. The summed E-state index contributed by atoms with van der Waals surface area (Å²) in [5.74, 6) is -1.27. The fourth-order valence-corrected chi connectivity index (χ4v) is 4.13. The highest BCUT2D eigenvalue weighted by Gasteiger charge is 2.42. The first-order valence-electron chi connectivity index (χ1n) is 10.9. The van der Waals surface area contributed by atoms with Crippen molar-refractivity contribution >= 4 is 23.4 Å². The van der Waals surface area contributed by atoms with Crippen LogP contribution in [0.5, 0.6) is 0 Å². The number of amides is 3. The van der Waals surface area contributed by atoms with Crippen LogP contribution in [0.2, 0.25) is 0 Å². The lowest BCUT2D eigenvalue weighted by molar-refractivity contribution is -0.139. The molecule has 1 saturated heterocycles. The van der Waals surface area contributed by atoms with E-state index in [0.717, 1.165) is 11.1 Å². The van der Waals surface area contributed by atoms with Crippen molar-refractivity contribution in [2.45, 2.75) is 32.9 Å². The monoisotopic (exact) mass is 433 g/mol. The van der Waals surface area contributed by atoms with Gasteiger partial charge in [-0.1, -0.05) is 42.5 Å². The number of fused-ring (bicyclic) bond motifs is 1. The molecule has 2 atom stereocenters. The molecule has 0 bridgehead atoms. The molecule has 1 aliphatic carbocycles. The highest BCUT2D eigenvalue weighted by molar-refractivity contribution is 6.05. The molecule has 3 amide bonds. The molecule has 4 rings (SSSR count). The molecule has 0 aromatic heterocycles. The van der Waals surface area contributed by atoms with E-state index in [0.29, 0.717) is 43.9 Å². The summed E-state index contributed by atoms with van der Waals surface area (Å²) >= 11 is 0. The maximum absolute atomic E-state index is 13.0. The summed E-state index contributed by atoms with van der Waals surface area (Å²) in [6, 6.07) is 14.5. The molecule has 2 N–H and O–H groups in total. The Morgan fingerprint density at radius 2 is 1.81 bits per heavy atom. The maximum Gasteiger partial charge on any atom is 0.251 e. The number of rotatable bonds is 7. The molecule has 2 aliphatic rings. The molecule has 1 aliphatic heterocycles. The molecule has 0 radical (unpaired) electrons. The fourth-order valence-electron chi connectivity index (χ4n) is 4.13. The summed E-state index contributed by atoms with van der Waals surface area (Å²) < 4.78 is 5.50. The number of benzene rings is 2. The highest BCUT2D eigenvalue weighted by atomic mass is 16.5. The third-order valence-electron chi connectivity index (χ3n) is 5.91. The van der Waals surface area contributed by atoms with Crippen LogP contribution in [0.4, 0.5) is 5.69 Å². The first-order chi connectivity index (χ1) is 15.6. The zero-order valence-electron chi connectivity index (χ0n) is 18.0. The van der Waals surface area contributed by atoms with Gasteiger partial charge in [-0.2, -0.15) is 0 Å². The first-order valence-corrected chi connectivity index (χ1v) is 10.9. The Morgan fingerprint density at radius 3 is 2.59 bits per heavy atom. The number of nitrogens with one attached hydrogen (secondary N) is 2. The molecule has 0 saturated carbocycles. The van der Waals surface area contributed by atoms with Gasteiger partial charge in [0.1, 0.15) is 0 Å². The smallest absolute Gasteiger partial charge is 0.251 e. The summed E-state index contributed by atoms with van der Waals surface area (Å²) in [5, 5.41) is 4.21. The van der Waals surface area contributed by atoms with Gasteiger partial charge in [0, 0.05) is 18.7 Å². The van der Waals surface area contributed by atoms with Crippen LogP contribution in [0.25, 0.3) is 0 Å². The Hall–Kier alpha value is -3.45. The average molecular weight is 434 g/mol. The van der Waals surface area contributed by atoms with E-state index in [1.807, 2.05) is 43.3 Å². The van der Waals surface area contributed by atoms with Gasteiger partial charge in [0.15, 0.2) is 0 Å². The molecule has 2 aromatic rings. The zero-order chi connectivity index (χ0) is 22.5. The summed E-state index contributed by atoms with van der Waals surface area (Å²) in [6.07, 6.45) is 5.02. The summed E-state index contributed by atoms with van der Waals surface area (Å²) in [5.41, 5.74) is 5.60. The Morgan fingerprint density at radius 1 is 1.06 bits per heavy atom. The van der Waals surface area contributed by atoms with Crippen molar-refractivity contribution in [2.24, 2.45) is 11.8 Å². The second-order valence-electron chi connectivity index (χ2n) is 7.94. The molecular weight excluding hydrogens is 406 g/mol. The SMILES string of the molecule is CCOCc1ccccc1CNC(=O)c1cccc(N2NC(=O)C3CC=CCC3C2=O)c1. The number of allylic oxidation sites excluding steroid dienone is 2. The molecule has 1 fully saturated rings. The lowest BCUT2D eigenvalue weighted by Gasteiger charge is -2.38. The van der Waals surface area contributed by atoms with Crippen LogP contribution in [0.3, 0.4) is 0 Å². The maximum atomic E-state index is 13.0. The number of carbonyl (C=O) groups is 3. The molecule has 7 nitrogen and oxygen atoms in total. The van der Waals surface area contributed by atoms with E-state index in [-0.39, 0.29) is 29.6 Å². The molecule has 7 heteroatoms. The second-order valence-corrected chi connectivity index (χ2v) is 7.94. The molecule has 2 unspecified atom stereocenters. The van der Waals surface area contributed by atoms with Crippen molar-refractivity contribution in [3.05, 3.63) is 77.4 Å². The van der Waals surface area contributed by atoms with Crippen molar-refractivity contribution < 1.29 is 19.1 Å². The Balaban J connectivity index is 1.46. The number of hydrogen-bond acceptors (Lipinski definition) is 4. The predicted molar refractivity (Wildman–Crippen MR) is 120 cm³/mol. The number of carbonyl (C=O) groups excluding carboxylic acids is 3. The molecule has 1 heterocycles. The van der Waals surface area contributed by atoms with Crippen LogP contribution in [0, 0.1) is 11.8 Å². The van der Waals surface area contributed by atoms with E-state index in [9.17, 15) is 14.4 Å². The van der Waals surface area contributed by atoms with Crippen LogP contribution < -0.4 is 15.8 Å². The van der Waals surface area contributed by atoms with Crippen LogP contribution in [0.15, 0.2) is 60.7 Å². The van der Waals surface area contributed by atoms with Crippen LogP contribution in [-0.4, -0.2) is 24.3 Å². The van der Waals surface area contributed by atoms with E-state index in [4.69, 9.17) is 4.74 Å². The minimum atomic E-state index is -0.368. The largest absolute Gasteiger partial charge is 0.377 e. The highest BCUT2D eigenvalue weighted by Crippen LogP contribution is 2.32. The lowest BCUT2D eigenvalue weighted by atomic mass is 9.80. The Labute approximate surface area is 187 Å². The van der Waals surface area contributed by atoms with Gasteiger partial charge in [0.05, 0.1) is 24.1 Å². The van der Waals surface area contributed by atoms with Crippen molar-refractivity contribution in [1.29, 1.82) is 0 Å². The number of anilines is 1. The number of nitrogens with zero attached hydrogens (tertiary/aromatic N) is 1. The number of ether oxygens (including phenoxy) is 1. The van der Waals surface area contributed by atoms with Crippen molar-refractivity contribution in [3.8, 4) is 0 Å². The molecule has 0 spiro atoms. The molecule has 166 valence electrons. The fraction of sp³-hybridized carbons (Fsp3) is 0.320. The van der Waals surface area contributed by atoms with Gasteiger partial charge in [-0.05, 0) is 49.1 Å². The zero-order valence-corrected chi connectivity index (χ0v) is 18.0. The minimum absolute atomic E-state index is 0.152. The van der Waals surface area contributed by atoms with Gasteiger partial charge < -0.3 is 10.1 Å². The molecule has 32 heavy (non-hydrogen) atoms. The van der Waals surface area contributed by atoms with Gasteiger partial charge in [-0.25, -0.2) is 5.01 Å². The number of hydrazine groups is 1. The van der Waals surface area contributed by atoms with Crippen LogP contribution in [0.1, 0.15) is 41.3 Å². The van der Waals surface area contributed by atoms with Crippen molar-refractivity contribution in [2.75, 3.05) is 11.6 Å². The van der Waals surface area contributed by atoms with Crippen molar-refractivity contribution in [3.63, 3.8) is 0 Å². The minimum Gasteiger partial charge on any atom is -0.377 e. The summed E-state index contributed by atoms with van der Waals surface area (Å²) in [7, 11) is 0. The van der Waals surface area contributed by atoms with Gasteiger partial charge in [-0.3, -0.25) is 19.8 Å². The van der Waals surface area contributed by atoms with Gasteiger partial charge in [0.25, 0.3) is 5.91 Å². The predicted octanol–water partition coefficient (Wildman–Crippen LogP) is 3.11. The van der Waals surface area contributed by atoms with Gasteiger partial charge >= 0.3 is 0 Å². The van der Waals surface area contributed by atoms with E-state index >= 15 is 0 Å². The standard InChI is InChI=1S/C25H27N3O4/c1-2-32-16-19-9-4-3-8-18(19)15-26-23(29)17-10-7-11-20(14-17)28-25(31)22-13-6-5-12-21(22)24(30)27-28/h3-11,14,21-22H,2,12-13,15-16H2,1H3,(H,26,29)(H,27,30).